The molecule has 1 fully saturated rings. The van der Waals surface area contributed by atoms with E-state index in [9.17, 15) is 28.8 Å². The topological polar surface area (TPSA) is 158 Å². The van der Waals surface area contributed by atoms with Crippen molar-refractivity contribution in [1.82, 2.24) is 0 Å². The Hall–Kier alpha value is -4.48. The Bertz CT molecular complexity index is 1080. The van der Waals surface area contributed by atoms with Crippen molar-refractivity contribution in [1.29, 1.82) is 0 Å². The highest BCUT2D eigenvalue weighted by Gasteiger charge is 2.77. The quantitative estimate of drug-likeness (QED) is 0.174. The number of hydrogen-bond acceptors (Lipinski definition) is 12. The molecule has 0 N–H and O–H groups in total. The van der Waals surface area contributed by atoms with Gasteiger partial charge in [-0.25, -0.2) is 28.8 Å². The van der Waals surface area contributed by atoms with Gasteiger partial charge in [0, 0.05) is 34.3 Å². The molecule has 0 aromatic carbocycles. The minimum atomic E-state index is -3.54. The molecule has 0 aromatic rings. The first-order valence-electron chi connectivity index (χ1n) is 11.0. The lowest BCUT2D eigenvalue weighted by atomic mass is 9.95. The van der Waals surface area contributed by atoms with E-state index in [1.165, 1.54) is 34.6 Å². The molecule has 0 aliphatic carbocycles. The summed E-state index contributed by atoms with van der Waals surface area (Å²) in [6.45, 7) is 22.6. The zero-order valence-electron chi connectivity index (χ0n) is 21.9. The highest BCUT2D eigenvalue weighted by atomic mass is 16.8. The predicted octanol–water partition coefficient (Wildman–Crippen LogP) is 2.29. The minimum absolute atomic E-state index is 0.156. The van der Waals surface area contributed by atoms with E-state index < -0.39 is 66.5 Å². The molecule has 12 heteroatoms. The van der Waals surface area contributed by atoms with Crippen LogP contribution in [0.25, 0.3) is 0 Å². The van der Waals surface area contributed by atoms with Crippen LogP contribution in [0.3, 0.4) is 0 Å². The summed E-state index contributed by atoms with van der Waals surface area (Å²) < 4.78 is 31.9. The number of esters is 6. The summed E-state index contributed by atoms with van der Waals surface area (Å²) in [5.74, 6) is -15.0. The SMILES string of the molecule is C=C(C)C(=O)OC1CCOC(=O)C(OC(=O)C(=C)C)(OC(=O)C(=C)C)C1(OC(=O)C(=C)C)OC(=O)C(=C)C. The monoisotopic (exact) mass is 534 g/mol. The fourth-order valence-electron chi connectivity index (χ4n) is 2.68. The van der Waals surface area contributed by atoms with E-state index in [0.717, 1.165) is 0 Å². The van der Waals surface area contributed by atoms with Gasteiger partial charge in [-0.05, 0) is 34.6 Å². The molecule has 38 heavy (non-hydrogen) atoms. The largest absolute Gasteiger partial charge is 0.460 e. The highest BCUT2D eigenvalue weighted by Crippen LogP contribution is 2.44. The molecule has 1 saturated heterocycles. The third-order valence-corrected chi connectivity index (χ3v) is 4.72. The van der Waals surface area contributed by atoms with Gasteiger partial charge in [0.25, 0.3) is 0 Å². The van der Waals surface area contributed by atoms with Crippen LogP contribution in [0.2, 0.25) is 0 Å². The summed E-state index contributed by atoms with van der Waals surface area (Å²) in [7, 11) is 0. The third-order valence-electron chi connectivity index (χ3n) is 4.72. The molecule has 1 atom stereocenters. The van der Waals surface area contributed by atoms with Crippen LogP contribution < -0.4 is 0 Å². The van der Waals surface area contributed by atoms with E-state index in [2.05, 4.69) is 32.9 Å². The van der Waals surface area contributed by atoms with Gasteiger partial charge in [0.1, 0.15) is 0 Å². The van der Waals surface area contributed by atoms with E-state index in [4.69, 9.17) is 28.4 Å². The maximum atomic E-state index is 13.5. The molecule has 1 aliphatic rings. The number of carbonyl (C=O) groups excluding carboxylic acids is 6. The molecule has 206 valence electrons. The molecule has 1 heterocycles. The van der Waals surface area contributed by atoms with Crippen LogP contribution in [0.4, 0.5) is 0 Å². The first-order valence-corrected chi connectivity index (χ1v) is 11.0. The molecule has 0 radical (unpaired) electrons. The van der Waals surface area contributed by atoms with Crippen molar-refractivity contribution in [3.63, 3.8) is 0 Å². The Kier molecular flexibility index (Phi) is 10.1. The van der Waals surface area contributed by atoms with Crippen LogP contribution in [-0.2, 0) is 57.2 Å². The van der Waals surface area contributed by atoms with Crippen molar-refractivity contribution < 1.29 is 57.2 Å². The summed E-state index contributed by atoms with van der Waals surface area (Å²) in [5, 5.41) is 0. The molecule has 0 saturated carbocycles. The molecule has 1 rings (SSSR count). The number of ether oxygens (including phenoxy) is 6. The third kappa shape index (κ3) is 6.64. The van der Waals surface area contributed by atoms with E-state index in [-0.39, 0.29) is 27.9 Å². The average molecular weight is 535 g/mol. The maximum Gasteiger partial charge on any atom is 0.440 e. The van der Waals surface area contributed by atoms with Crippen molar-refractivity contribution in [2.45, 2.75) is 58.7 Å². The average Bonchev–Trinajstić information content (AvgIpc) is 2.89. The number of cyclic esters (lactones) is 1. The summed E-state index contributed by atoms with van der Waals surface area (Å²) >= 11 is 0. The van der Waals surface area contributed by atoms with E-state index >= 15 is 0 Å². The van der Waals surface area contributed by atoms with Crippen LogP contribution in [0.15, 0.2) is 60.8 Å². The predicted molar refractivity (Wildman–Crippen MR) is 129 cm³/mol. The first kappa shape index (κ1) is 31.5. The van der Waals surface area contributed by atoms with Crippen LogP contribution in [0, 0.1) is 0 Å². The van der Waals surface area contributed by atoms with Gasteiger partial charge >= 0.3 is 47.4 Å². The van der Waals surface area contributed by atoms with Crippen LogP contribution in [0.5, 0.6) is 0 Å². The molecule has 1 unspecified atom stereocenters. The first-order chi connectivity index (χ1) is 17.4. The molecule has 0 aromatic heterocycles. The van der Waals surface area contributed by atoms with Crippen molar-refractivity contribution in [3.05, 3.63) is 60.8 Å². The van der Waals surface area contributed by atoms with E-state index in [1.54, 1.807) is 0 Å². The molecular formula is C26H30O12. The second-order valence-corrected chi connectivity index (χ2v) is 8.56. The zero-order chi connectivity index (χ0) is 29.6. The zero-order valence-corrected chi connectivity index (χ0v) is 21.9. The number of rotatable bonds is 10. The second kappa shape index (κ2) is 12.2. The Labute approximate surface area is 219 Å². The lowest BCUT2D eigenvalue weighted by molar-refractivity contribution is -0.369. The Morgan fingerprint density at radius 3 is 1.34 bits per heavy atom. The van der Waals surface area contributed by atoms with Gasteiger partial charge in [-0.2, -0.15) is 0 Å². The summed E-state index contributed by atoms with van der Waals surface area (Å²) in [4.78, 5) is 77.6. The lowest BCUT2D eigenvalue weighted by Gasteiger charge is -2.44. The van der Waals surface area contributed by atoms with Gasteiger partial charge in [-0.3, -0.25) is 0 Å². The standard InChI is InChI=1S/C26H30O12/c1-13(2)19(27)34-18-11-12-33-24(32)26(37-22(30)16(7)8,38-23(31)17(9)10)25(18,35-20(28)14(3)4)36-21(29)15(5)6/h18H,1,3,5,7,9,11-12H2,2,4,6,8,10H3. The Morgan fingerprint density at radius 1 is 0.658 bits per heavy atom. The number of hydrogen-bond donors (Lipinski definition) is 0. The van der Waals surface area contributed by atoms with Gasteiger partial charge < -0.3 is 28.4 Å². The number of carbonyl (C=O) groups is 6. The molecular weight excluding hydrogens is 504 g/mol. The lowest BCUT2D eigenvalue weighted by Crippen LogP contribution is -2.72. The van der Waals surface area contributed by atoms with Crippen LogP contribution in [0.1, 0.15) is 41.0 Å². The second-order valence-electron chi connectivity index (χ2n) is 8.56. The molecule has 0 bridgehead atoms. The van der Waals surface area contributed by atoms with Crippen LogP contribution in [-0.4, -0.2) is 60.1 Å². The highest BCUT2D eigenvalue weighted by molar-refractivity contribution is 5.96. The maximum absolute atomic E-state index is 13.5. The van der Waals surface area contributed by atoms with Crippen LogP contribution >= 0.6 is 0 Å². The fraction of sp³-hybridized carbons (Fsp3) is 0.385. The summed E-state index contributed by atoms with van der Waals surface area (Å²) in [5.41, 5.74) is -1.41. The van der Waals surface area contributed by atoms with Crippen molar-refractivity contribution in [3.8, 4) is 0 Å². The van der Waals surface area contributed by atoms with Crippen molar-refractivity contribution in [2.24, 2.45) is 0 Å². The van der Waals surface area contributed by atoms with Gasteiger partial charge in [0.15, 0.2) is 6.10 Å². The van der Waals surface area contributed by atoms with Gasteiger partial charge in [0.05, 0.1) is 6.61 Å². The van der Waals surface area contributed by atoms with Gasteiger partial charge in [-0.1, -0.05) is 32.9 Å². The summed E-state index contributed by atoms with van der Waals surface area (Å²) in [6, 6.07) is 0. The smallest absolute Gasteiger partial charge is 0.440 e. The fourth-order valence-corrected chi connectivity index (χ4v) is 2.68. The van der Waals surface area contributed by atoms with Gasteiger partial charge in [0.2, 0.25) is 0 Å². The van der Waals surface area contributed by atoms with E-state index in [0.29, 0.717) is 0 Å². The molecule has 0 amide bonds. The van der Waals surface area contributed by atoms with Crippen molar-refractivity contribution in [2.75, 3.05) is 6.61 Å². The molecule has 1 aliphatic heterocycles. The van der Waals surface area contributed by atoms with E-state index in [1.807, 2.05) is 0 Å². The van der Waals surface area contributed by atoms with Gasteiger partial charge in [-0.15, -0.1) is 0 Å². The molecule has 0 spiro atoms. The Morgan fingerprint density at radius 2 is 1.00 bits per heavy atom. The molecule has 12 nitrogen and oxygen atoms in total. The van der Waals surface area contributed by atoms with Crippen molar-refractivity contribution >= 4 is 35.8 Å². The Balaban J connectivity index is 4.30. The summed E-state index contributed by atoms with van der Waals surface area (Å²) in [6.07, 6.45) is -2.49. The minimum Gasteiger partial charge on any atom is -0.460 e. The normalized spacial score (nSPS) is 17.3.